The molecule has 0 aromatic heterocycles. The standard InChI is InChI=1S/C11H13ClN2O3/c1-7-3-2-4-8(12)10(7)14-11(17)13-6-5-9(15)16/h2-4H,5-6H2,1H3,(H,15,16)(H2,13,14,17). The number of carbonyl (C=O) groups excluding carboxylic acids is 1. The predicted molar refractivity (Wildman–Crippen MR) is 65.5 cm³/mol. The first-order valence-corrected chi connectivity index (χ1v) is 5.40. The summed E-state index contributed by atoms with van der Waals surface area (Å²) < 4.78 is 0. The maximum absolute atomic E-state index is 11.4. The lowest BCUT2D eigenvalue weighted by atomic mass is 10.2. The van der Waals surface area contributed by atoms with Gasteiger partial charge in [0.1, 0.15) is 0 Å². The van der Waals surface area contributed by atoms with Crippen LogP contribution in [0.15, 0.2) is 18.2 Å². The van der Waals surface area contributed by atoms with Crippen LogP contribution >= 0.6 is 11.6 Å². The Balaban J connectivity index is 2.53. The molecule has 1 rings (SSSR count). The van der Waals surface area contributed by atoms with Gasteiger partial charge in [-0.1, -0.05) is 23.7 Å². The van der Waals surface area contributed by atoms with Crippen LogP contribution in [0.3, 0.4) is 0 Å². The molecule has 0 unspecified atom stereocenters. The highest BCUT2D eigenvalue weighted by Gasteiger charge is 2.07. The number of hydrogen-bond donors (Lipinski definition) is 3. The van der Waals surface area contributed by atoms with E-state index >= 15 is 0 Å². The molecule has 0 fully saturated rings. The van der Waals surface area contributed by atoms with Crippen LogP contribution in [0.1, 0.15) is 12.0 Å². The van der Waals surface area contributed by atoms with E-state index in [0.717, 1.165) is 5.56 Å². The maximum Gasteiger partial charge on any atom is 0.319 e. The molecule has 92 valence electrons. The van der Waals surface area contributed by atoms with E-state index < -0.39 is 12.0 Å². The van der Waals surface area contributed by atoms with E-state index in [2.05, 4.69) is 10.6 Å². The molecule has 0 aliphatic carbocycles. The largest absolute Gasteiger partial charge is 0.481 e. The van der Waals surface area contributed by atoms with E-state index in [1.54, 1.807) is 12.1 Å². The molecule has 0 heterocycles. The van der Waals surface area contributed by atoms with Gasteiger partial charge in [-0.15, -0.1) is 0 Å². The van der Waals surface area contributed by atoms with Crippen molar-refractivity contribution in [2.45, 2.75) is 13.3 Å². The van der Waals surface area contributed by atoms with Crippen molar-refractivity contribution in [3.8, 4) is 0 Å². The molecule has 1 aromatic carbocycles. The Kier molecular flexibility index (Phi) is 4.78. The van der Waals surface area contributed by atoms with Gasteiger partial charge in [-0.3, -0.25) is 4.79 Å². The summed E-state index contributed by atoms with van der Waals surface area (Å²) in [6, 6.07) is 4.80. The summed E-state index contributed by atoms with van der Waals surface area (Å²) >= 11 is 5.92. The summed E-state index contributed by atoms with van der Waals surface area (Å²) in [6.45, 7) is 1.89. The third-order valence-corrected chi connectivity index (χ3v) is 2.40. The third-order valence-electron chi connectivity index (χ3n) is 2.08. The first-order chi connectivity index (χ1) is 8.00. The Hall–Kier alpha value is -1.75. The van der Waals surface area contributed by atoms with Gasteiger partial charge in [0.2, 0.25) is 0 Å². The van der Waals surface area contributed by atoms with Crippen LogP contribution in [-0.2, 0) is 4.79 Å². The number of benzene rings is 1. The average Bonchev–Trinajstić information content (AvgIpc) is 2.23. The smallest absolute Gasteiger partial charge is 0.319 e. The summed E-state index contributed by atoms with van der Waals surface area (Å²) in [7, 11) is 0. The van der Waals surface area contributed by atoms with Crippen molar-refractivity contribution in [1.82, 2.24) is 5.32 Å². The van der Waals surface area contributed by atoms with Crippen molar-refractivity contribution in [1.29, 1.82) is 0 Å². The third kappa shape index (κ3) is 4.32. The van der Waals surface area contributed by atoms with Crippen LogP contribution in [0.25, 0.3) is 0 Å². The van der Waals surface area contributed by atoms with Gasteiger partial charge in [0.25, 0.3) is 0 Å². The number of carbonyl (C=O) groups is 2. The number of aryl methyl sites for hydroxylation is 1. The second-order valence-corrected chi connectivity index (χ2v) is 3.86. The van der Waals surface area contributed by atoms with E-state index in [-0.39, 0.29) is 13.0 Å². The number of para-hydroxylation sites is 1. The Morgan fingerprint density at radius 2 is 2.12 bits per heavy atom. The normalized spacial score (nSPS) is 9.76. The van der Waals surface area contributed by atoms with Gasteiger partial charge in [0.15, 0.2) is 0 Å². The predicted octanol–water partition coefficient (Wildman–Crippen LogP) is 2.24. The second kappa shape index (κ2) is 6.10. The molecule has 0 radical (unpaired) electrons. The van der Waals surface area contributed by atoms with Gasteiger partial charge >= 0.3 is 12.0 Å². The second-order valence-electron chi connectivity index (χ2n) is 3.46. The van der Waals surface area contributed by atoms with Crippen LogP contribution in [0.4, 0.5) is 10.5 Å². The topological polar surface area (TPSA) is 78.4 Å². The number of aliphatic carboxylic acids is 1. The molecular weight excluding hydrogens is 244 g/mol. The molecule has 0 aliphatic rings. The molecule has 0 atom stereocenters. The van der Waals surface area contributed by atoms with Gasteiger partial charge in [-0.05, 0) is 18.6 Å². The van der Waals surface area contributed by atoms with Crippen molar-refractivity contribution in [3.63, 3.8) is 0 Å². The lowest BCUT2D eigenvalue weighted by Gasteiger charge is -2.10. The van der Waals surface area contributed by atoms with E-state index in [1.165, 1.54) is 0 Å². The number of rotatable bonds is 4. The molecule has 6 heteroatoms. The molecular formula is C11H13ClN2O3. The zero-order valence-electron chi connectivity index (χ0n) is 9.29. The van der Waals surface area contributed by atoms with Gasteiger partial charge in [0.05, 0.1) is 17.1 Å². The molecule has 3 N–H and O–H groups in total. The van der Waals surface area contributed by atoms with Gasteiger partial charge in [0, 0.05) is 6.54 Å². The molecule has 0 aliphatic heterocycles. The van der Waals surface area contributed by atoms with Crippen molar-refractivity contribution in [2.75, 3.05) is 11.9 Å². The summed E-state index contributed by atoms with van der Waals surface area (Å²) in [4.78, 5) is 21.7. The molecule has 2 amide bonds. The summed E-state index contributed by atoms with van der Waals surface area (Å²) in [5.74, 6) is -0.959. The monoisotopic (exact) mass is 256 g/mol. The van der Waals surface area contributed by atoms with Crippen molar-refractivity contribution >= 4 is 29.3 Å². The van der Waals surface area contributed by atoms with E-state index in [0.29, 0.717) is 10.7 Å². The van der Waals surface area contributed by atoms with Crippen LogP contribution in [0, 0.1) is 6.92 Å². The van der Waals surface area contributed by atoms with E-state index in [4.69, 9.17) is 16.7 Å². The van der Waals surface area contributed by atoms with Crippen LogP contribution < -0.4 is 10.6 Å². The van der Waals surface area contributed by atoms with Gasteiger partial charge in [-0.25, -0.2) is 4.79 Å². The minimum atomic E-state index is -0.959. The van der Waals surface area contributed by atoms with Crippen molar-refractivity contribution in [3.05, 3.63) is 28.8 Å². The molecule has 1 aromatic rings. The highest BCUT2D eigenvalue weighted by molar-refractivity contribution is 6.33. The number of nitrogens with one attached hydrogen (secondary N) is 2. The van der Waals surface area contributed by atoms with Gasteiger partial charge in [-0.2, -0.15) is 0 Å². The van der Waals surface area contributed by atoms with Crippen LogP contribution in [0.2, 0.25) is 5.02 Å². The highest BCUT2D eigenvalue weighted by atomic mass is 35.5. The number of hydrogen-bond acceptors (Lipinski definition) is 2. The highest BCUT2D eigenvalue weighted by Crippen LogP contribution is 2.24. The SMILES string of the molecule is Cc1cccc(Cl)c1NC(=O)NCCC(=O)O. The minimum absolute atomic E-state index is 0.0741. The fourth-order valence-corrected chi connectivity index (χ4v) is 1.50. The Morgan fingerprint density at radius 1 is 1.41 bits per heavy atom. The first-order valence-electron chi connectivity index (χ1n) is 5.02. The summed E-state index contributed by atoms with van der Waals surface area (Å²) in [6.07, 6.45) is -0.116. The Labute approximate surface area is 104 Å². The minimum Gasteiger partial charge on any atom is -0.481 e. The van der Waals surface area contributed by atoms with Crippen LogP contribution in [0.5, 0.6) is 0 Å². The lowest BCUT2D eigenvalue weighted by Crippen LogP contribution is -2.30. The van der Waals surface area contributed by atoms with Crippen molar-refractivity contribution in [2.24, 2.45) is 0 Å². The quantitative estimate of drug-likeness (QED) is 0.773. The lowest BCUT2D eigenvalue weighted by molar-refractivity contribution is -0.136. The number of anilines is 1. The molecule has 17 heavy (non-hydrogen) atoms. The number of amides is 2. The zero-order valence-corrected chi connectivity index (χ0v) is 10.0. The fraction of sp³-hybridized carbons (Fsp3) is 0.273. The maximum atomic E-state index is 11.4. The van der Waals surface area contributed by atoms with E-state index in [1.807, 2.05) is 13.0 Å². The molecule has 5 nitrogen and oxygen atoms in total. The molecule has 0 saturated heterocycles. The van der Waals surface area contributed by atoms with Gasteiger partial charge < -0.3 is 15.7 Å². The average molecular weight is 257 g/mol. The first kappa shape index (κ1) is 13.3. The molecule has 0 bridgehead atoms. The number of halogens is 1. The molecule has 0 spiro atoms. The number of carboxylic acids is 1. The van der Waals surface area contributed by atoms with Crippen LogP contribution in [-0.4, -0.2) is 23.7 Å². The fourth-order valence-electron chi connectivity index (χ4n) is 1.23. The summed E-state index contributed by atoms with van der Waals surface area (Å²) in [5.41, 5.74) is 1.37. The zero-order chi connectivity index (χ0) is 12.8. The molecule has 0 saturated carbocycles. The summed E-state index contributed by atoms with van der Waals surface area (Å²) in [5, 5.41) is 13.9. The Morgan fingerprint density at radius 3 is 2.71 bits per heavy atom. The van der Waals surface area contributed by atoms with E-state index in [9.17, 15) is 9.59 Å². The van der Waals surface area contributed by atoms with Crippen molar-refractivity contribution < 1.29 is 14.7 Å². The number of carboxylic acid groups (broad SMARTS) is 1. The number of urea groups is 1. The Bertz CT molecular complexity index is 414.